The van der Waals surface area contributed by atoms with Crippen LogP contribution in [0, 0.1) is 13.8 Å². The zero-order valence-electron chi connectivity index (χ0n) is 15.9. The van der Waals surface area contributed by atoms with Gasteiger partial charge in [0, 0.05) is 6.42 Å². The molecule has 0 aliphatic rings. The first-order valence-corrected chi connectivity index (χ1v) is 8.77. The van der Waals surface area contributed by atoms with E-state index in [-0.39, 0.29) is 13.0 Å². The summed E-state index contributed by atoms with van der Waals surface area (Å²) in [4.78, 5) is 23.7. The molecular formula is C21H25NO5. The standard InChI is InChI=1S/C21H25NO5/c1-15-6-9-17(10-7-15)26-12-4-5-21(24)27-14-20(23)22-18-13-16(2)8-11-19(18)25-3/h6-11,13H,4-5,12,14H2,1-3H3,(H,22,23). The smallest absolute Gasteiger partial charge is 0.306 e. The molecule has 6 nitrogen and oxygen atoms in total. The van der Waals surface area contributed by atoms with Crippen LogP contribution >= 0.6 is 0 Å². The zero-order chi connectivity index (χ0) is 19.6. The molecule has 0 fully saturated rings. The third kappa shape index (κ3) is 7.01. The molecule has 0 unspecified atom stereocenters. The van der Waals surface area contributed by atoms with Gasteiger partial charge in [-0.25, -0.2) is 0 Å². The second-order valence-corrected chi connectivity index (χ2v) is 6.18. The third-order valence-electron chi connectivity index (χ3n) is 3.81. The van der Waals surface area contributed by atoms with E-state index in [1.54, 1.807) is 12.1 Å². The van der Waals surface area contributed by atoms with Crippen LogP contribution in [0.4, 0.5) is 5.69 Å². The van der Waals surface area contributed by atoms with Gasteiger partial charge in [0.05, 0.1) is 19.4 Å². The predicted molar refractivity (Wildman–Crippen MR) is 103 cm³/mol. The molecule has 0 spiro atoms. The largest absolute Gasteiger partial charge is 0.495 e. The Morgan fingerprint density at radius 3 is 2.41 bits per heavy atom. The van der Waals surface area contributed by atoms with Crippen LogP contribution in [0.1, 0.15) is 24.0 Å². The van der Waals surface area contributed by atoms with Crippen molar-refractivity contribution >= 4 is 17.6 Å². The monoisotopic (exact) mass is 371 g/mol. The summed E-state index contributed by atoms with van der Waals surface area (Å²) in [5, 5.41) is 2.69. The second-order valence-electron chi connectivity index (χ2n) is 6.18. The summed E-state index contributed by atoms with van der Waals surface area (Å²) >= 11 is 0. The molecule has 27 heavy (non-hydrogen) atoms. The summed E-state index contributed by atoms with van der Waals surface area (Å²) in [6.07, 6.45) is 0.701. The number of benzene rings is 2. The number of hydrogen-bond donors (Lipinski definition) is 1. The van der Waals surface area contributed by atoms with E-state index in [2.05, 4.69) is 5.32 Å². The van der Waals surface area contributed by atoms with Crippen LogP contribution in [0.3, 0.4) is 0 Å². The lowest BCUT2D eigenvalue weighted by Gasteiger charge is -2.11. The van der Waals surface area contributed by atoms with E-state index < -0.39 is 11.9 Å². The molecule has 2 rings (SSSR count). The van der Waals surface area contributed by atoms with Crippen LogP contribution in [-0.4, -0.2) is 32.2 Å². The van der Waals surface area contributed by atoms with Gasteiger partial charge >= 0.3 is 5.97 Å². The fourth-order valence-electron chi connectivity index (χ4n) is 2.37. The van der Waals surface area contributed by atoms with Gasteiger partial charge < -0.3 is 19.5 Å². The Morgan fingerprint density at radius 2 is 1.70 bits per heavy atom. The Kier molecular flexibility index (Phi) is 7.67. The Morgan fingerprint density at radius 1 is 1.00 bits per heavy atom. The van der Waals surface area contributed by atoms with E-state index in [1.807, 2.05) is 44.2 Å². The molecule has 144 valence electrons. The highest BCUT2D eigenvalue weighted by Gasteiger charge is 2.11. The molecule has 0 atom stereocenters. The number of hydrogen-bond acceptors (Lipinski definition) is 5. The van der Waals surface area contributed by atoms with Gasteiger partial charge in [-0.1, -0.05) is 23.8 Å². The van der Waals surface area contributed by atoms with Gasteiger partial charge in [0.15, 0.2) is 6.61 Å². The SMILES string of the molecule is COc1ccc(C)cc1NC(=O)COC(=O)CCCOc1ccc(C)cc1. The van der Waals surface area contributed by atoms with Gasteiger partial charge in [-0.3, -0.25) is 9.59 Å². The van der Waals surface area contributed by atoms with Crippen molar-refractivity contribution in [1.29, 1.82) is 0 Å². The zero-order valence-corrected chi connectivity index (χ0v) is 15.9. The average molecular weight is 371 g/mol. The fraction of sp³-hybridized carbons (Fsp3) is 0.333. The Labute approximate surface area is 159 Å². The van der Waals surface area contributed by atoms with Crippen molar-refractivity contribution in [3.05, 3.63) is 53.6 Å². The number of esters is 1. The van der Waals surface area contributed by atoms with E-state index in [4.69, 9.17) is 14.2 Å². The molecule has 1 amide bonds. The summed E-state index contributed by atoms with van der Waals surface area (Å²) in [6, 6.07) is 13.1. The number of carbonyl (C=O) groups is 2. The van der Waals surface area contributed by atoms with Gasteiger partial charge in [0.1, 0.15) is 11.5 Å². The molecule has 6 heteroatoms. The van der Waals surface area contributed by atoms with Crippen molar-refractivity contribution in [3.63, 3.8) is 0 Å². The molecule has 0 saturated carbocycles. The van der Waals surface area contributed by atoms with Crippen LogP contribution in [0.2, 0.25) is 0 Å². The van der Waals surface area contributed by atoms with Gasteiger partial charge in [-0.2, -0.15) is 0 Å². The van der Waals surface area contributed by atoms with Gasteiger partial charge in [-0.15, -0.1) is 0 Å². The predicted octanol–water partition coefficient (Wildman–Crippen LogP) is 3.65. The van der Waals surface area contributed by atoms with Crippen LogP contribution in [0.5, 0.6) is 11.5 Å². The number of rotatable bonds is 9. The van der Waals surface area contributed by atoms with Crippen molar-refractivity contribution in [2.45, 2.75) is 26.7 Å². The maximum atomic E-state index is 12.0. The van der Waals surface area contributed by atoms with Gasteiger partial charge in [-0.05, 0) is 50.1 Å². The molecule has 1 N–H and O–H groups in total. The highest BCUT2D eigenvalue weighted by Crippen LogP contribution is 2.25. The summed E-state index contributed by atoms with van der Waals surface area (Å²) in [6.45, 7) is 3.98. The third-order valence-corrected chi connectivity index (χ3v) is 3.81. The minimum absolute atomic E-state index is 0.187. The number of amides is 1. The lowest BCUT2D eigenvalue weighted by Crippen LogP contribution is -2.21. The number of ether oxygens (including phenoxy) is 3. The van der Waals surface area contributed by atoms with Crippen LogP contribution in [-0.2, 0) is 14.3 Å². The quantitative estimate of drug-likeness (QED) is 0.538. The van der Waals surface area contributed by atoms with Crippen LogP contribution in [0.25, 0.3) is 0 Å². The topological polar surface area (TPSA) is 73.9 Å². The number of nitrogens with one attached hydrogen (secondary N) is 1. The highest BCUT2D eigenvalue weighted by molar-refractivity contribution is 5.94. The van der Waals surface area contributed by atoms with E-state index in [0.717, 1.165) is 16.9 Å². The van der Waals surface area contributed by atoms with Crippen molar-refractivity contribution in [1.82, 2.24) is 0 Å². The molecule has 2 aromatic rings. The number of methoxy groups -OCH3 is 1. The number of anilines is 1. The molecule has 0 aliphatic carbocycles. The lowest BCUT2D eigenvalue weighted by atomic mass is 10.2. The Hall–Kier alpha value is -3.02. The molecule has 0 heterocycles. The summed E-state index contributed by atoms with van der Waals surface area (Å²) in [7, 11) is 1.53. The van der Waals surface area contributed by atoms with Crippen molar-refractivity contribution < 1.29 is 23.8 Å². The van der Waals surface area contributed by atoms with Crippen LogP contribution < -0.4 is 14.8 Å². The van der Waals surface area contributed by atoms with Gasteiger partial charge in [0.25, 0.3) is 5.91 Å². The Balaban J connectivity index is 1.67. The minimum atomic E-state index is -0.436. The van der Waals surface area contributed by atoms with Crippen molar-refractivity contribution in [2.75, 3.05) is 25.6 Å². The second kappa shape index (κ2) is 10.2. The van der Waals surface area contributed by atoms with Crippen molar-refractivity contribution in [3.8, 4) is 11.5 Å². The average Bonchev–Trinajstić information content (AvgIpc) is 2.65. The maximum absolute atomic E-state index is 12.0. The number of carbonyl (C=O) groups excluding carboxylic acids is 2. The molecule has 0 aromatic heterocycles. The first kappa shape index (κ1) is 20.3. The van der Waals surface area contributed by atoms with Crippen molar-refractivity contribution in [2.24, 2.45) is 0 Å². The van der Waals surface area contributed by atoms with E-state index in [9.17, 15) is 9.59 Å². The molecule has 0 saturated heterocycles. The molecule has 0 bridgehead atoms. The van der Waals surface area contributed by atoms with E-state index >= 15 is 0 Å². The molecule has 0 radical (unpaired) electrons. The normalized spacial score (nSPS) is 10.2. The van der Waals surface area contributed by atoms with Gasteiger partial charge in [0.2, 0.25) is 0 Å². The lowest BCUT2D eigenvalue weighted by molar-refractivity contribution is -0.147. The van der Waals surface area contributed by atoms with E-state index in [0.29, 0.717) is 24.5 Å². The summed E-state index contributed by atoms with van der Waals surface area (Å²) in [5.74, 6) is 0.464. The molecule has 0 aliphatic heterocycles. The fourth-order valence-corrected chi connectivity index (χ4v) is 2.37. The first-order chi connectivity index (χ1) is 13.0. The van der Waals surface area contributed by atoms with Crippen LogP contribution in [0.15, 0.2) is 42.5 Å². The minimum Gasteiger partial charge on any atom is -0.495 e. The Bertz CT molecular complexity index is 771. The summed E-state index contributed by atoms with van der Waals surface area (Å²) < 4.78 is 15.8. The number of aryl methyl sites for hydroxylation is 2. The first-order valence-electron chi connectivity index (χ1n) is 8.77. The molecule has 2 aromatic carbocycles. The summed E-state index contributed by atoms with van der Waals surface area (Å²) in [5.41, 5.74) is 2.69. The van der Waals surface area contributed by atoms with E-state index in [1.165, 1.54) is 7.11 Å². The highest BCUT2D eigenvalue weighted by atomic mass is 16.5. The maximum Gasteiger partial charge on any atom is 0.306 e. The molecular weight excluding hydrogens is 346 g/mol.